The maximum Gasteiger partial charge on any atom is 0.306 e. The van der Waals surface area contributed by atoms with E-state index in [-0.39, 0.29) is 11.8 Å². The molecule has 7 heteroatoms. The molecule has 0 bridgehead atoms. The average molecular weight is 378 g/mol. The molecule has 0 aliphatic carbocycles. The lowest BCUT2D eigenvalue weighted by atomic mass is 9.96. The van der Waals surface area contributed by atoms with Gasteiger partial charge in [0.05, 0.1) is 11.6 Å². The third-order valence-electron chi connectivity index (χ3n) is 5.31. The second-order valence-electron chi connectivity index (χ2n) is 7.12. The first-order valence-corrected chi connectivity index (χ1v) is 9.35. The minimum absolute atomic E-state index is 0.0574. The zero-order valence-corrected chi connectivity index (χ0v) is 15.4. The first kappa shape index (κ1) is 18.2. The lowest BCUT2D eigenvalue weighted by Crippen LogP contribution is -2.40. The lowest BCUT2D eigenvalue weighted by Gasteiger charge is -2.30. The number of likely N-dealkylation sites (tertiary alicyclic amines) is 1. The maximum absolute atomic E-state index is 12.7. The maximum atomic E-state index is 12.7. The van der Waals surface area contributed by atoms with Gasteiger partial charge >= 0.3 is 5.97 Å². The number of carboxylic acids is 1. The average Bonchev–Trinajstić information content (AvgIpc) is 3.16. The van der Waals surface area contributed by atoms with Crippen molar-refractivity contribution in [3.63, 3.8) is 0 Å². The minimum Gasteiger partial charge on any atom is -0.481 e. The van der Waals surface area contributed by atoms with E-state index in [1.807, 2.05) is 41.1 Å². The normalized spacial score (nSPS) is 15.1. The number of hydrogen-bond acceptors (Lipinski definition) is 4. The van der Waals surface area contributed by atoms with Crippen molar-refractivity contribution in [2.45, 2.75) is 19.4 Å². The van der Waals surface area contributed by atoms with Gasteiger partial charge in [-0.3, -0.25) is 9.59 Å². The van der Waals surface area contributed by atoms with Crippen molar-refractivity contribution in [1.82, 2.24) is 14.3 Å². The van der Waals surface area contributed by atoms with Crippen LogP contribution < -0.4 is 5.73 Å². The Morgan fingerprint density at radius 1 is 1.07 bits per heavy atom. The molecule has 0 atom stereocenters. The molecule has 0 unspecified atom stereocenters. The first-order chi connectivity index (χ1) is 13.5. The van der Waals surface area contributed by atoms with Crippen molar-refractivity contribution >= 4 is 17.5 Å². The van der Waals surface area contributed by atoms with E-state index in [9.17, 15) is 9.59 Å². The van der Waals surface area contributed by atoms with Crippen LogP contribution in [0.3, 0.4) is 0 Å². The predicted octanol–water partition coefficient (Wildman–Crippen LogP) is 2.40. The van der Waals surface area contributed by atoms with Gasteiger partial charge in [-0.15, -0.1) is 0 Å². The van der Waals surface area contributed by atoms with E-state index in [1.54, 1.807) is 17.0 Å². The highest BCUT2D eigenvalue weighted by Crippen LogP contribution is 2.23. The van der Waals surface area contributed by atoms with Gasteiger partial charge in [-0.1, -0.05) is 18.2 Å². The van der Waals surface area contributed by atoms with Gasteiger partial charge in [-0.25, -0.2) is 4.98 Å². The molecule has 7 nitrogen and oxygen atoms in total. The van der Waals surface area contributed by atoms with Gasteiger partial charge in [0.2, 0.25) is 0 Å². The Balaban J connectivity index is 1.49. The van der Waals surface area contributed by atoms with Crippen LogP contribution in [0.1, 0.15) is 28.8 Å². The summed E-state index contributed by atoms with van der Waals surface area (Å²) in [7, 11) is 0. The van der Waals surface area contributed by atoms with Gasteiger partial charge in [0.25, 0.3) is 5.91 Å². The number of hydrogen-bond donors (Lipinski definition) is 2. The Labute approximate surface area is 162 Å². The van der Waals surface area contributed by atoms with Crippen LogP contribution in [0.4, 0.5) is 0 Å². The second-order valence-corrected chi connectivity index (χ2v) is 7.12. The quantitative estimate of drug-likeness (QED) is 0.726. The number of fused-ring (bicyclic) bond motifs is 1. The van der Waals surface area contributed by atoms with Gasteiger partial charge in [0.1, 0.15) is 5.65 Å². The molecule has 144 valence electrons. The van der Waals surface area contributed by atoms with Crippen LogP contribution in [-0.2, 0) is 11.3 Å². The zero-order chi connectivity index (χ0) is 19.7. The van der Waals surface area contributed by atoms with Crippen LogP contribution in [0.5, 0.6) is 0 Å². The number of carboxylic acid groups (broad SMARTS) is 1. The SMILES string of the molecule is NCc1ccc2nc(-c3ccc(C(=O)N4CCC(C(=O)O)CC4)cc3)cn2c1. The molecular formula is C21H22N4O3. The van der Waals surface area contributed by atoms with Gasteiger partial charge in [0, 0.05) is 43.2 Å². The largest absolute Gasteiger partial charge is 0.481 e. The summed E-state index contributed by atoms with van der Waals surface area (Å²) >= 11 is 0. The molecule has 1 aliphatic heterocycles. The fourth-order valence-corrected chi connectivity index (χ4v) is 3.59. The molecule has 3 aromatic rings. The summed E-state index contributed by atoms with van der Waals surface area (Å²) in [6.45, 7) is 1.44. The third-order valence-corrected chi connectivity index (χ3v) is 5.31. The van der Waals surface area contributed by atoms with Crippen molar-refractivity contribution in [1.29, 1.82) is 0 Å². The van der Waals surface area contributed by atoms with Crippen LogP contribution in [0.2, 0.25) is 0 Å². The summed E-state index contributed by atoms with van der Waals surface area (Å²) in [5, 5.41) is 9.08. The number of pyridine rings is 1. The van der Waals surface area contributed by atoms with Crippen LogP contribution in [-0.4, -0.2) is 44.4 Å². The number of nitrogens with zero attached hydrogens (tertiary/aromatic N) is 3. The van der Waals surface area contributed by atoms with Crippen molar-refractivity contribution in [2.24, 2.45) is 11.7 Å². The molecule has 0 saturated carbocycles. The summed E-state index contributed by atoms with van der Waals surface area (Å²) in [6, 6.07) is 11.3. The van der Waals surface area contributed by atoms with Crippen LogP contribution in [0.15, 0.2) is 48.8 Å². The Bertz CT molecular complexity index is 1020. The highest BCUT2D eigenvalue weighted by Gasteiger charge is 2.27. The molecule has 1 saturated heterocycles. The van der Waals surface area contributed by atoms with Crippen molar-refractivity contribution in [3.8, 4) is 11.3 Å². The Morgan fingerprint density at radius 2 is 1.79 bits per heavy atom. The van der Waals surface area contributed by atoms with Gasteiger partial charge in [-0.2, -0.15) is 0 Å². The first-order valence-electron chi connectivity index (χ1n) is 9.35. The molecule has 28 heavy (non-hydrogen) atoms. The van der Waals surface area contributed by atoms with Crippen molar-refractivity contribution in [2.75, 3.05) is 13.1 Å². The zero-order valence-electron chi connectivity index (χ0n) is 15.4. The molecule has 1 fully saturated rings. The molecule has 2 aromatic heterocycles. The summed E-state index contributed by atoms with van der Waals surface area (Å²) in [5.41, 5.74) is 9.92. The molecule has 1 amide bonds. The van der Waals surface area contributed by atoms with Gasteiger partial charge in [0.15, 0.2) is 0 Å². The smallest absolute Gasteiger partial charge is 0.306 e. The summed E-state index contributed by atoms with van der Waals surface area (Å²) in [6.07, 6.45) is 4.92. The number of aromatic nitrogens is 2. The Hall–Kier alpha value is -3.19. The lowest BCUT2D eigenvalue weighted by molar-refractivity contribution is -0.143. The standard InChI is InChI=1S/C21H22N4O3/c22-11-14-1-6-19-23-18(13-25(19)12-14)15-2-4-16(5-3-15)20(26)24-9-7-17(8-10-24)21(27)28/h1-6,12-13,17H,7-11,22H2,(H,27,28). The molecule has 0 spiro atoms. The second kappa shape index (κ2) is 7.44. The third kappa shape index (κ3) is 3.48. The molecule has 1 aliphatic rings. The topological polar surface area (TPSA) is 101 Å². The van der Waals surface area contributed by atoms with Crippen LogP contribution in [0, 0.1) is 5.92 Å². The number of amides is 1. The van der Waals surface area contributed by atoms with Gasteiger partial charge < -0.3 is 20.1 Å². The highest BCUT2D eigenvalue weighted by molar-refractivity contribution is 5.94. The number of carbonyl (C=O) groups is 2. The molecule has 3 N–H and O–H groups in total. The Kier molecular flexibility index (Phi) is 4.83. The van der Waals surface area contributed by atoms with E-state index in [2.05, 4.69) is 4.98 Å². The molecular weight excluding hydrogens is 356 g/mol. The molecule has 1 aromatic carbocycles. The molecule has 0 radical (unpaired) electrons. The molecule has 3 heterocycles. The van der Waals surface area contributed by atoms with E-state index >= 15 is 0 Å². The number of piperidine rings is 1. The van der Waals surface area contributed by atoms with Crippen LogP contribution in [0.25, 0.3) is 16.9 Å². The number of carbonyl (C=O) groups excluding carboxylic acids is 1. The fourth-order valence-electron chi connectivity index (χ4n) is 3.59. The predicted molar refractivity (Wildman–Crippen MR) is 105 cm³/mol. The van der Waals surface area contributed by atoms with Crippen molar-refractivity contribution < 1.29 is 14.7 Å². The van der Waals surface area contributed by atoms with Crippen molar-refractivity contribution in [3.05, 3.63) is 59.9 Å². The van der Waals surface area contributed by atoms with E-state index in [4.69, 9.17) is 10.8 Å². The van der Waals surface area contributed by atoms with Gasteiger partial charge in [-0.05, 0) is 36.6 Å². The number of benzene rings is 1. The van der Waals surface area contributed by atoms with Crippen LogP contribution >= 0.6 is 0 Å². The van der Waals surface area contributed by atoms with E-state index in [0.717, 1.165) is 22.5 Å². The summed E-state index contributed by atoms with van der Waals surface area (Å²) < 4.78 is 1.95. The Morgan fingerprint density at radius 3 is 2.43 bits per heavy atom. The monoisotopic (exact) mass is 378 g/mol. The van der Waals surface area contributed by atoms with E-state index < -0.39 is 5.97 Å². The number of rotatable bonds is 4. The number of nitrogens with two attached hydrogens (primary N) is 1. The summed E-state index contributed by atoms with van der Waals surface area (Å²) in [4.78, 5) is 30.1. The van der Waals surface area contributed by atoms with E-state index in [0.29, 0.717) is 38.0 Å². The molecule has 4 rings (SSSR count). The summed E-state index contributed by atoms with van der Waals surface area (Å²) in [5.74, 6) is -1.18. The fraction of sp³-hybridized carbons (Fsp3) is 0.286. The number of imidazole rings is 1. The van der Waals surface area contributed by atoms with E-state index in [1.165, 1.54) is 0 Å². The minimum atomic E-state index is -0.775. The number of aliphatic carboxylic acids is 1. The highest BCUT2D eigenvalue weighted by atomic mass is 16.4.